The van der Waals surface area contributed by atoms with Crippen LogP contribution in [0.4, 0.5) is 0 Å². The van der Waals surface area contributed by atoms with Crippen LogP contribution < -0.4 is 4.74 Å². The van der Waals surface area contributed by atoms with Gasteiger partial charge in [-0.3, -0.25) is 4.79 Å². The maximum Gasteiger partial charge on any atom is 0.244 e. The highest BCUT2D eigenvalue weighted by molar-refractivity contribution is 7.89. The Hall–Kier alpha value is -1.55. The molecule has 2 heterocycles. The molecule has 1 amide bonds. The van der Waals surface area contributed by atoms with E-state index in [1.807, 2.05) is 17.9 Å². The average molecular weight is 576 g/mol. The molecule has 2 aromatic rings. The van der Waals surface area contributed by atoms with Crippen LogP contribution in [-0.4, -0.2) is 69.5 Å². The first kappa shape index (κ1) is 27.5. The fourth-order valence-corrected chi connectivity index (χ4v) is 6.89. The van der Waals surface area contributed by atoms with Crippen molar-refractivity contribution in [3.63, 3.8) is 0 Å². The van der Waals surface area contributed by atoms with Gasteiger partial charge in [0.2, 0.25) is 15.9 Å². The van der Waals surface area contributed by atoms with E-state index in [9.17, 15) is 13.2 Å². The zero-order chi connectivity index (χ0) is 25.9. The summed E-state index contributed by atoms with van der Waals surface area (Å²) >= 11 is 18.3. The Bertz CT molecular complexity index is 1210. The van der Waals surface area contributed by atoms with Crippen LogP contribution in [0.5, 0.6) is 5.75 Å². The van der Waals surface area contributed by atoms with Gasteiger partial charge in [0.25, 0.3) is 0 Å². The van der Waals surface area contributed by atoms with Crippen LogP contribution in [0.25, 0.3) is 0 Å². The first-order valence-corrected chi connectivity index (χ1v) is 14.4. The second-order valence-electron chi connectivity index (χ2n) is 9.35. The van der Waals surface area contributed by atoms with Gasteiger partial charge in [-0.15, -0.1) is 0 Å². The standard InChI is InChI=1S/C25H29Cl3N2O5S/c1-18-14-20(3-4-21(18)27)35-17-25(16-24(31)29-10-12-34-13-11-29)6-8-30(9-7-25)36(32,33)23-5-2-19(26)15-22(23)28/h2-5,14-15H,6-13,16-17H2,1H3. The number of rotatable bonds is 7. The van der Waals surface area contributed by atoms with Crippen LogP contribution in [0, 0.1) is 12.3 Å². The molecular weight excluding hydrogens is 547 g/mol. The van der Waals surface area contributed by atoms with Crippen LogP contribution in [0.3, 0.4) is 0 Å². The number of nitrogens with zero attached hydrogens (tertiary/aromatic N) is 2. The summed E-state index contributed by atoms with van der Waals surface area (Å²) in [5.41, 5.74) is 0.381. The van der Waals surface area contributed by atoms with Gasteiger partial charge in [-0.25, -0.2) is 8.42 Å². The lowest BCUT2D eigenvalue weighted by atomic mass is 9.76. The highest BCUT2D eigenvalue weighted by atomic mass is 35.5. The SMILES string of the molecule is Cc1cc(OCC2(CC(=O)N3CCOCC3)CCN(S(=O)(=O)c3ccc(Cl)cc3Cl)CC2)ccc1Cl. The van der Waals surface area contributed by atoms with Crippen molar-refractivity contribution in [3.05, 3.63) is 57.0 Å². The third-order valence-electron chi connectivity index (χ3n) is 6.86. The van der Waals surface area contributed by atoms with E-state index >= 15 is 0 Å². The number of aryl methyl sites for hydroxylation is 1. The summed E-state index contributed by atoms with van der Waals surface area (Å²) in [6.07, 6.45) is 1.22. The summed E-state index contributed by atoms with van der Waals surface area (Å²) in [7, 11) is -3.81. The summed E-state index contributed by atoms with van der Waals surface area (Å²) in [4.78, 5) is 15.0. The molecule has 0 bridgehead atoms. The smallest absolute Gasteiger partial charge is 0.244 e. The number of amides is 1. The van der Waals surface area contributed by atoms with Gasteiger partial charge in [0.1, 0.15) is 10.6 Å². The van der Waals surface area contributed by atoms with Crippen molar-refractivity contribution in [2.24, 2.45) is 5.41 Å². The Labute approximate surface area is 227 Å². The lowest BCUT2D eigenvalue weighted by Gasteiger charge is -2.42. The normalized spacial score (nSPS) is 18.7. The van der Waals surface area contributed by atoms with Crippen molar-refractivity contribution in [2.75, 3.05) is 46.0 Å². The molecule has 0 aromatic heterocycles. The van der Waals surface area contributed by atoms with Crippen molar-refractivity contribution in [1.29, 1.82) is 0 Å². The molecule has 0 spiro atoms. The Balaban J connectivity index is 1.51. The summed E-state index contributed by atoms with van der Waals surface area (Å²) in [5, 5.41) is 1.11. The number of hydrogen-bond donors (Lipinski definition) is 0. The van der Waals surface area contributed by atoms with E-state index in [2.05, 4.69) is 0 Å². The Kier molecular flexibility index (Phi) is 8.75. The molecule has 2 fully saturated rings. The maximum atomic E-state index is 13.3. The molecule has 2 aliphatic heterocycles. The fraction of sp³-hybridized carbons (Fsp3) is 0.480. The molecule has 0 aliphatic carbocycles. The van der Waals surface area contributed by atoms with Crippen LogP contribution >= 0.6 is 34.8 Å². The molecule has 2 aromatic carbocycles. The first-order valence-electron chi connectivity index (χ1n) is 11.8. The highest BCUT2D eigenvalue weighted by Crippen LogP contribution is 2.39. The molecule has 11 heteroatoms. The minimum atomic E-state index is -3.81. The number of sulfonamides is 1. The van der Waals surface area contributed by atoms with Crippen LogP contribution in [0.15, 0.2) is 41.3 Å². The Morgan fingerprint density at radius 3 is 2.33 bits per heavy atom. The average Bonchev–Trinajstić information content (AvgIpc) is 2.85. The molecule has 2 aliphatic rings. The van der Waals surface area contributed by atoms with E-state index in [-0.39, 0.29) is 35.3 Å². The van der Waals surface area contributed by atoms with Crippen molar-refractivity contribution >= 4 is 50.7 Å². The van der Waals surface area contributed by atoms with Gasteiger partial charge in [0, 0.05) is 48.1 Å². The maximum absolute atomic E-state index is 13.3. The number of halogens is 3. The second-order valence-corrected chi connectivity index (χ2v) is 12.5. The van der Waals surface area contributed by atoms with E-state index in [1.165, 1.54) is 22.5 Å². The fourth-order valence-electron chi connectivity index (χ4n) is 4.59. The van der Waals surface area contributed by atoms with Gasteiger partial charge >= 0.3 is 0 Å². The number of morpholine rings is 1. The highest BCUT2D eigenvalue weighted by Gasteiger charge is 2.42. The largest absolute Gasteiger partial charge is 0.493 e. The molecule has 0 saturated carbocycles. The number of piperidine rings is 1. The lowest BCUT2D eigenvalue weighted by Crippen LogP contribution is -2.49. The second kappa shape index (κ2) is 11.5. The molecule has 4 rings (SSSR count). The van der Waals surface area contributed by atoms with Crippen molar-refractivity contribution in [2.45, 2.75) is 31.1 Å². The molecule has 0 atom stereocenters. The zero-order valence-electron chi connectivity index (χ0n) is 20.0. The van der Waals surface area contributed by atoms with Gasteiger partial charge in [0.15, 0.2) is 0 Å². The molecular formula is C25H29Cl3N2O5S. The predicted octanol–water partition coefficient (Wildman–Crippen LogP) is 5.05. The number of hydrogen-bond acceptors (Lipinski definition) is 5. The first-order chi connectivity index (χ1) is 17.1. The molecule has 0 unspecified atom stereocenters. The topological polar surface area (TPSA) is 76.2 Å². The van der Waals surface area contributed by atoms with Crippen molar-refractivity contribution in [1.82, 2.24) is 9.21 Å². The monoisotopic (exact) mass is 574 g/mol. The summed E-state index contributed by atoms with van der Waals surface area (Å²) < 4.78 is 39.6. The zero-order valence-corrected chi connectivity index (χ0v) is 23.1. The molecule has 36 heavy (non-hydrogen) atoms. The Morgan fingerprint density at radius 1 is 1.00 bits per heavy atom. The predicted molar refractivity (Wildman–Crippen MR) is 141 cm³/mol. The van der Waals surface area contributed by atoms with Gasteiger partial charge < -0.3 is 14.4 Å². The summed E-state index contributed by atoms with van der Waals surface area (Å²) in [5.74, 6) is 0.698. The third-order valence-corrected chi connectivity index (χ3v) is 9.90. The van der Waals surface area contributed by atoms with E-state index < -0.39 is 15.4 Å². The lowest BCUT2D eigenvalue weighted by molar-refractivity contribution is -0.139. The quantitative estimate of drug-likeness (QED) is 0.462. The molecule has 2 saturated heterocycles. The minimum absolute atomic E-state index is 0.0262. The van der Waals surface area contributed by atoms with Crippen molar-refractivity contribution < 1.29 is 22.7 Å². The van der Waals surface area contributed by atoms with E-state index in [4.69, 9.17) is 44.3 Å². The number of ether oxygens (including phenoxy) is 2. The van der Waals surface area contributed by atoms with E-state index in [1.54, 1.807) is 12.1 Å². The van der Waals surface area contributed by atoms with Gasteiger partial charge in [0.05, 0.1) is 24.8 Å². The van der Waals surface area contributed by atoms with E-state index in [0.717, 1.165) is 5.56 Å². The summed E-state index contributed by atoms with van der Waals surface area (Å²) in [6, 6.07) is 9.81. The molecule has 7 nitrogen and oxygen atoms in total. The van der Waals surface area contributed by atoms with Crippen LogP contribution in [0.1, 0.15) is 24.8 Å². The number of benzene rings is 2. The minimum Gasteiger partial charge on any atom is -0.493 e. The van der Waals surface area contributed by atoms with Gasteiger partial charge in [-0.2, -0.15) is 4.31 Å². The van der Waals surface area contributed by atoms with Crippen LogP contribution in [0.2, 0.25) is 15.1 Å². The van der Waals surface area contributed by atoms with E-state index in [0.29, 0.717) is 61.5 Å². The third kappa shape index (κ3) is 6.29. The van der Waals surface area contributed by atoms with Crippen molar-refractivity contribution in [3.8, 4) is 5.75 Å². The van der Waals surface area contributed by atoms with Gasteiger partial charge in [-0.1, -0.05) is 34.8 Å². The Morgan fingerprint density at radius 2 is 1.69 bits per heavy atom. The number of carbonyl (C=O) groups excluding carboxylic acids is 1. The summed E-state index contributed by atoms with van der Waals surface area (Å²) in [6.45, 7) is 4.85. The molecule has 0 radical (unpaired) electrons. The molecule has 196 valence electrons. The van der Waals surface area contributed by atoms with Crippen LogP contribution in [-0.2, 0) is 19.6 Å². The van der Waals surface area contributed by atoms with Gasteiger partial charge in [-0.05, 0) is 61.7 Å². The molecule has 0 N–H and O–H groups in total. The number of carbonyl (C=O) groups is 1.